The molecule has 0 aliphatic carbocycles. The van der Waals surface area contributed by atoms with Crippen molar-refractivity contribution in [2.75, 3.05) is 11.6 Å². The predicted molar refractivity (Wildman–Crippen MR) is 78.9 cm³/mol. The maximum absolute atomic E-state index is 9.34. The lowest BCUT2D eigenvalue weighted by atomic mass is 10.1. The van der Waals surface area contributed by atoms with Crippen molar-refractivity contribution in [1.82, 2.24) is 9.97 Å². The van der Waals surface area contributed by atoms with E-state index in [4.69, 9.17) is 0 Å². The third-order valence-electron chi connectivity index (χ3n) is 2.68. The smallest absolute Gasteiger partial charge is 0.189 e. The van der Waals surface area contributed by atoms with Crippen molar-refractivity contribution in [3.63, 3.8) is 0 Å². The minimum absolute atomic E-state index is 0.0816. The van der Waals surface area contributed by atoms with Crippen LogP contribution < -0.4 is 5.32 Å². The standard InChI is InChI=1S/C14H17N3OS/c1-9-4-10(2)6-12(5-9)16-13-11(8-18)7-15-14(17-13)19-3/h4-7,18H,8H2,1-3H3,(H,15,16,17). The van der Waals surface area contributed by atoms with Crippen molar-refractivity contribution < 1.29 is 5.11 Å². The summed E-state index contributed by atoms with van der Waals surface area (Å²) in [6.45, 7) is 4.03. The number of aliphatic hydroxyl groups is 1. The van der Waals surface area contributed by atoms with Crippen LogP contribution in [0.5, 0.6) is 0 Å². The van der Waals surface area contributed by atoms with Gasteiger partial charge in [0, 0.05) is 17.4 Å². The van der Waals surface area contributed by atoms with Gasteiger partial charge in [0.15, 0.2) is 5.16 Å². The van der Waals surface area contributed by atoms with E-state index in [0.717, 1.165) is 5.69 Å². The molecule has 0 fully saturated rings. The Hall–Kier alpha value is -1.59. The Morgan fingerprint density at radius 1 is 1.21 bits per heavy atom. The molecule has 0 aliphatic heterocycles. The molecule has 0 saturated heterocycles. The number of hydrogen-bond acceptors (Lipinski definition) is 5. The molecule has 0 atom stereocenters. The predicted octanol–water partition coefficient (Wildman–Crippen LogP) is 3.05. The average molecular weight is 275 g/mol. The van der Waals surface area contributed by atoms with Crippen molar-refractivity contribution in [3.8, 4) is 0 Å². The van der Waals surface area contributed by atoms with Crippen LogP contribution in [0.15, 0.2) is 29.6 Å². The van der Waals surface area contributed by atoms with Crippen LogP contribution >= 0.6 is 11.8 Å². The summed E-state index contributed by atoms with van der Waals surface area (Å²) >= 11 is 1.48. The molecule has 0 amide bonds. The van der Waals surface area contributed by atoms with Gasteiger partial charge in [0.1, 0.15) is 5.82 Å². The number of benzene rings is 1. The molecule has 100 valence electrons. The molecule has 2 rings (SSSR count). The first-order valence-corrected chi connectivity index (χ1v) is 7.21. The van der Waals surface area contributed by atoms with Gasteiger partial charge in [-0.3, -0.25) is 0 Å². The van der Waals surface area contributed by atoms with Gasteiger partial charge in [0.05, 0.1) is 6.61 Å². The van der Waals surface area contributed by atoms with Crippen molar-refractivity contribution in [2.45, 2.75) is 25.6 Å². The molecule has 0 spiro atoms. The van der Waals surface area contributed by atoms with E-state index in [1.807, 2.05) is 6.26 Å². The van der Waals surface area contributed by atoms with Gasteiger partial charge in [-0.25, -0.2) is 9.97 Å². The molecule has 19 heavy (non-hydrogen) atoms. The summed E-state index contributed by atoms with van der Waals surface area (Å²) in [4.78, 5) is 8.55. The molecule has 2 aromatic rings. The summed E-state index contributed by atoms with van der Waals surface area (Å²) in [7, 11) is 0. The number of nitrogens with one attached hydrogen (secondary N) is 1. The van der Waals surface area contributed by atoms with Gasteiger partial charge in [0.2, 0.25) is 0 Å². The van der Waals surface area contributed by atoms with Crippen LogP contribution in [0.2, 0.25) is 0 Å². The SMILES string of the molecule is CSc1ncc(CO)c(Nc2cc(C)cc(C)c2)n1. The van der Waals surface area contributed by atoms with E-state index in [1.54, 1.807) is 6.20 Å². The van der Waals surface area contributed by atoms with Crippen LogP contribution in [0.4, 0.5) is 11.5 Å². The molecular formula is C14H17N3OS. The number of aliphatic hydroxyl groups excluding tert-OH is 1. The van der Waals surface area contributed by atoms with Gasteiger partial charge in [0.25, 0.3) is 0 Å². The summed E-state index contributed by atoms with van der Waals surface area (Å²) in [6, 6.07) is 6.22. The van der Waals surface area contributed by atoms with Crippen molar-refractivity contribution in [2.24, 2.45) is 0 Å². The molecule has 0 radical (unpaired) electrons. The average Bonchev–Trinajstić information content (AvgIpc) is 2.37. The number of aromatic nitrogens is 2. The van der Waals surface area contributed by atoms with Crippen molar-refractivity contribution >= 4 is 23.3 Å². The molecule has 0 bridgehead atoms. The third kappa shape index (κ3) is 3.45. The molecule has 1 aromatic carbocycles. The van der Waals surface area contributed by atoms with Crippen LogP contribution in [0.25, 0.3) is 0 Å². The largest absolute Gasteiger partial charge is 0.391 e. The molecule has 1 heterocycles. The highest BCUT2D eigenvalue weighted by Gasteiger charge is 2.07. The molecular weight excluding hydrogens is 258 g/mol. The maximum atomic E-state index is 9.34. The Morgan fingerprint density at radius 3 is 2.47 bits per heavy atom. The van der Waals surface area contributed by atoms with Crippen LogP contribution in [0.1, 0.15) is 16.7 Å². The summed E-state index contributed by atoms with van der Waals surface area (Å²) in [6.07, 6.45) is 3.58. The number of aryl methyl sites for hydroxylation is 2. The highest BCUT2D eigenvalue weighted by Crippen LogP contribution is 2.22. The second-order valence-electron chi connectivity index (χ2n) is 4.39. The van der Waals surface area contributed by atoms with Gasteiger partial charge in [-0.2, -0.15) is 0 Å². The maximum Gasteiger partial charge on any atom is 0.189 e. The van der Waals surface area contributed by atoms with E-state index >= 15 is 0 Å². The normalized spacial score (nSPS) is 10.5. The minimum atomic E-state index is -0.0816. The number of rotatable bonds is 4. The van der Waals surface area contributed by atoms with Crippen molar-refractivity contribution in [1.29, 1.82) is 0 Å². The van der Waals surface area contributed by atoms with Gasteiger partial charge in [-0.05, 0) is 43.4 Å². The fourth-order valence-electron chi connectivity index (χ4n) is 1.90. The second-order valence-corrected chi connectivity index (χ2v) is 5.16. The van der Waals surface area contributed by atoms with E-state index in [1.165, 1.54) is 22.9 Å². The van der Waals surface area contributed by atoms with Crippen LogP contribution in [-0.4, -0.2) is 21.3 Å². The van der Waals surface area contributed by atoms with Gasteiger partial charge < -0.3 is 10.4 Å². The monoisotopic (exact) mass is 275 g/mol. The van der Waals surface area contributed by atoms with Crippen molar-refractivity contribution in [3.05, 3.63) is 41.1 Å². The van der Waals surface area contributed by atoms with Gasteiger partial charge in [-0.15, -0.1) is 0 Å². The van der Waals surface area contributed by atoms with E-state index in [2.05, 4.69) is 47.3 Å². The minimum Gasteiger partial charge on any atom is -0.391 e. The van der Waals surface area contributed by atoms with Crippen LogP contribution in [0, 0.1) is 13.8 Å². The zero-order valence-corrected chi connectivity index (χ0v) is 12.1. The van der Waals surface area contributed by atoms with E-state index in [9.17, 15) is 5.11 Å². The lowest BCUT2D eigenvalue weighted by molar-refractivity contribution is 0.281. The quantitative estimate of drug-likeness (QED) is 0.663. The highest BCUT2D eigenvalue weighted by atomic mass is 32.2. The zero-order valence-electron chi connectivity index (χ0n) is 11.3. The second kappa shape index (κ2) is 6.04. The molecule has 4 nitrogen and oxygen atoms in total. The Morgan fingerprint density at radius 2 is 1.89 bits per heavy atom. The van der Waals surface area contributed by atoms with E-state index in [0.29, 0.717) is 16.5 Å². The molecule has 1 aromatic heterocycles. The Labute approximate surface area is 117 Å². The first kappa shape index (κ1) is 13.8. The molecule has 0 unspecified atom stereocenters. The summed E-state index contributed by atoms with van der Waals surface area (Å²) in [5.74, 6) is 0.659. The lowest BCUT2D eigenvalue weighted by Gasteiger charge is -2.11. The van der Waals surface area contributed by atoms with Crippen LogP contribution in [-0.2, 0) is 6.61 Å². The molecule has 2 N–H and O–H groups in total. The number of anilines is 2. The Bertz CT molecular complexity index is 567. The fraction of sp³-hybridized carbons (Fsp3) is 0.286. The first-order valence-electron chi connectivity index (χ1n) is 5.98. The zero-order chi connectivity index (χ0) is 13.8. The number of nitrogens with zero attached hydrogens (tertiary/aromatic N) is 2. The van der Waals surface area contributed by atoms with Crippen LogP contribution in [0.3, 0.4) is 0 Å². The fourth-order valence-corrected chi connectivity index (χ4v) is 2.24. The summed E-state index contributed by atoms with van der Waals surface area (Å²) in [5.41, 5.74) is 4.04. The Balaban J connectivity index is 2.35. The first-order chi connectivity index (χ1) is 9.12. The summed E-state index contributed by atoms with van der Waals surface area (Å²) in [5, 5.41) is 13.3. The number of hydrogen-bond donors (Lipinski definition) is 2. The molecule has 5 heteroatoms. The molecule has 0 aliphatic rings. The van der Waals surface area contributed by atoms with E-state index < -0.39 is 0 Å². The van der Waals surface area contributed by atoms with Gasteiger partial charge >= 0.3 is 0 Å². The summed E-state index contributed by atoms with van der Waals surface area (Å²) < 4.78 is 0. The third-order valence-corrected chi connectivity index (χ3v) is 3.24. The number of thioether (sulfide) groups is 1. The topological polar surface area (TPSA) is 58.0 Å². The Kier molecular flexibility index (Phi) is 4.39. The molecule has 0 saturated carbocycles. The van der Waals surface area contributed by atoms with Gasteiger partial charge in [-0.1, -0.05) is 17.8 Å². The highest BCUT2D eigenvalue weighted by molar-refractivity contribution is 7.98. The lowest BCUT2D eigenvalue weighted by Crippen LogP contribution is -2.02. The van der Waals surface area contributed by atoms with E-state index in [-0.39, 0.29) is 6.61 Å².